The Morgan fingerprint density at radius 1 is 1.04 bits per heavy atom. The molecule has 0 spiro atoms. The first kappa shape index (κ1) is 16.3. The van der Waals surface area contributed by atoms with Crippen molar-refractivity contribution in [3.8, 4) is 11.3 Å². The molecule has 3 nitrogen and oxygen atoms in total. The maximum Gasteiger partial charge on any atom is 0.287 e. The third-order valence-electron chi connectivity index (χ3n) is 3.61. The summed E-state index contributed by atoms with van der Waals surface area (Å²) in [6.07, 6.45) is 0.413. The van der Waals surface area contributed by atoms with Crippen LogP contribution >= 0.6 is 11.6 Å². The van der Waals surface area contributed by atoms with E-state index in [1.54, 1.807) is 36.4 Å². The Labute approximate surface area is 144 Å². The van der Waals surface area contributed by atoms with Crippen LogP contribution in [0.4, 0.5) is 4.39 Å². The van der Waals surface area contributed by atoms with E-state index in [9.17, 15) is 9.18 Å². The zero-order valence-corrected chi connectivity index (χ0v) is 13.5. The van der Waals surface area contributed by atoms with Crippen molar-refractivity contribution in [3.05, 3.63) is 82.8 Å². The molecular formula is C19H15ClFNO2. The number of carbonyl (C=O) groups is 1. The topological polar surface area (TPSA) is 42.2 Å². The van der Waals surface area contributed by atoms with Gasteiger partial charge in [-0.2, -0.15) is 0 Å². The second-order valence-electron chi connectivity index (χ2n) is 5.24. The molecule has 0 saturated carbocycles. The lowest BCUT2D eigenvalue weighted by Gasteiger charge is -2.05. The van der Waals surface area contributed by atoms with E-state index in [4.69, 9.17) is 16.0 Å². The largest absolute Gasteiger partial charge is 0.451 e. The second-order valence-corrected chi connectivity index (χ2v) is 5.65. The third kappa shape index (κ3) is 3.66. The lowest BCUT2D eigenvalue weighted by Crippen LogP contribution is -2.25. The molecule has 0 unspecified atom stereocenters. The molecular weight excluding hydrogens is 329 g/mol. The molecule has 0 atom stereocenters. The van der Waals surface area contributed by atoms with Gasteiger partial charge in [0.25, 0.3) is 5.91 Å². The van der Waals surface area contributed by atoms with Gasteiger partial charge in [0.2, 0.25) is 0 Å². The van der Waals surface area contributed by atoms with Crippen molar-refractivity contribution in [1.29, 1.82) is 0 Å². The van der Waals surface area contributed by atoms with Crippen molar-refractivity contribution in [1.82, 2.24) is 5.32 Å². The van der Waals surface area contributed by atoms with Crippen LogP contribution in [0.15, 0.2) is 65.1 Å². The summed E-state index contributed by atoms with van der Waals surface area (Å²) in [5.41, 5.74) is 1.29. The monoisotopic (exact) mass is 343 g/mol. The first-order valence-corrected chi connectivity index (χ1v) is 7.89. The Kier molecular flexibility index (Phi) is 4.96. The summed E-state index contributed by atoms with van der Waals surface area (Å²) in [5.74, 6) is 0.105. The van der Waals surface area contributed by atoms with Gasteiger partial charge in [0.1, 0.15) is 11.6 Å². The van der Waals surface area contributed by atoms with Crippen LogP contribution in [0.3, 0.4) is 0 Å². The molecule has 2 aromatic carbocycles. The van der Waals surface area contributed by atoms with Crippen molar-refractivity contribution in [2.45, 2.75) is 6.42 Å². The molecule has 0 radical (unpaired) electrons. The molecule has 1 N–H and O–H groups in total. The average Bonchev–Trinajstić information content (AvgIpc) is 3.07. The number of furan rings is 1. The first-order chi connectivity index (χ1) is 11.6. The summed E-state index contributed by atoms with van der Waals surface area (Å²) >= 11 is 6.12. The minimum absolute atomic E-state index is 0.193. The Morgan fingerprint density at radius 3 is 2.58 bits per heavy atom. The Morgan fingerprint density at radius 2 is 1.79 bits per heavy atom. The molecule has 1 aromatic heterocycles. The Hall–Kier alpha value is -2.59. The van der Waals surface area contributed by atoms with Crippen molar-refractivity contribution < 1.29 is 13.6 Å². The quantitative estimate of drug-likeness (QED) is 0.729. The molecule has 0 saturated heterocycles. The van der Waals surface area contributed by atoms with E-state index < -0.39 is 0 Å². The molecule has 3 rings (SSSR count). The Bertz CT molecular complexity index is 860. The van der Waals surface area contributed by atoms with E-state index in [-0.39, 0.29) is 17.5 Å². The van der Waals surface area contributed by atoms with Gasteiger partial charge in [-0.3, -0.25) is 4.79 Å². The van der Waals surface area contributed by atoms with E-state index in [1.165, 1.54) is 6.07 Å². The number of carbonyl (C=O) groups excluding carboxylic acids is 1. The zero-order valence-electron chi connectivity index (χ0n) is 12.8. The lowest BCUT2D eigenvalue weighted by molar-refractivity contribution is 0.0927. The highest BCUT2D eigenvalue weighted by Gasteiger charge is 2.13. The third-order valence-corrected chi connectivity index (χ3v) is 3.94. The minimum atomic E-state index is -0.343. The van der Waals surface area contributed by atoms with Gasteiger partial charge >= 0.3 is 0 Å². The molecule has 3 aromatic rings. The molecule has 0 aliphatic rings. The van der Waals surface area contributed by atoms with Gasteiger partial charge < -0.3 is 9.73 Å². The first-order valence-electron chi connectivity index (χ1n) is 7.51. The van der Waals surface area contributed by atoms with Gasteiger partial charge in [-0.25, -0.2) is 4.39 Å². The number of nitrogens with one attached hydrogen (secondary N) is 1. The van der Waals surface area contributed by atoms with Crippen molar-refractivity contribution in [3.63, 3.8) is 0 Å². The van der Waals surface area contributed by atoms with Crippen LogP contribution in [0.25, 0.3) is 11.3 Å². The summed E-state index contributed by atoms with van der Waals surface area (Å²) in [4.78, 5) is 12.1. The maximum absolute atomic E-state index is 13.5. The highest BCUT2D eigenvalue weighted by molar-refractivity contribution is 6.33. The molecule has 0 fully saturated rings. The molecule has 1 heterocycles. The number of hydrogen-bond donors (Lipinski definition) is 1. The van der Waals surface area contributed by atoms with Gasteiger partial charge in [0.15, 0.2) is 5.76 Å². The number of rotatable bonds is 5. The summed E-state index contributed by atoms with van der Waals surface area (Å²) in [6.45, 7) is 0.321. The SMILES string of the molecule is O=C(NCCc1ccccc1F)c1ccc(-c2ccccc2Cl)o1. The van der Waals surface area contributed by atoms with Crippen LogP contribution in [0.5, 0.6) is 0 Å². The summed E-state index contributed by atoms with van der Waals surface area (Å²) in [7, 11) is 0. The van der Waals surface area contributed by atoms with Gasteiger partial charge in [-0.15, -0.1) is 0 Å². The van der Waals surface area contributed by atoms with Crippen LogP contribution in [0, 0.1) is 5.82 Å². The van der Waals surface area contributed by atoms with Crippen LogP contribution in [0.1, 0.15) is 16.1 Å². The average molecular weight is 344 g/mol. The zero-order chi connectivity index (χ0) is 16.9. The second kappa shape index (κ2) is 7.32. The summed E-state index contributed by atoms with van der Waals surface area (Å²) < 4.78 is 19.1. The van der Waals surface area contributed by atoms with Gasteiger partial charge in [0.05, 0.1) is 5.02 Å². The molecule has 0 aliphatic carbocycles. The molecule has 24 heavy (non-hydrogen) atoms. The summed E-state index contributed by atoms with van der Waals surface area (Å²) in [5, 5.41) is 3.28. The van der Waals surface area contributed by atoms with E-state index >= 15 is 0 Å². The van der Waals surface area contributed by atoms with Gasteiger partial charge in [-0.05, 0) is 42.3 Å². The van der Waals surface area contributed by atoms with Crippen LogP contribution < -0.4 is 5.32 Å². The molecule has 1 amide bonds. The minimum Gasteiger partial charge on any atom is -0.451 e. The van der Waals surface area contributed by atoms with Crippen LogP contribution in [-0.2, 0) is 6.42 Å². The fourth-order valence-corrected chi connectivity index (χ4v) is 2.59. The Balaban J connectivity index is 1.62. The normalized spacial score (nSPS) is 10.6. The highest BCUT2D eigenvalue weighted by atomic mass is 35.5. The maximum atomic E-state index is 13.5. The van der Waals surface area contributed by atoms with Crippen molar-refractivity contribution in [2.24, 2.45) is 0 Å². The number of halogens is 2. The van der Waals surface area contributed by atoms with E-state index in [0.29, 0.717) is 29.3 Å². The van der Waals surface area contributed by atoms with Gasteiger partial charge in [0, 0.05) is 12.1 Å². The number of hydrogen-bond acceptors (Lipinski definition) is 2. The number of amides is 1. The van der Waals surface area contributed by atoms with E-state index in [1.807, 2.05) is 18.2 Å². The summed E-state index contributed by atoms with van der Waals surface area (Å²) in [6, 6.07) is 17.0. The van der Waals surface area contributed by atoms with Crippen molar-refractivity contribution in [2.75, 3.05) is 6.54 Å². The van der Waals surface area contributed by atoms with E-state index in [2.05, 4.69) is 5.32 Å². The van der Waals surface area contributed by atoms with Crippen LogP contribution in [-0.4, -0.2) is 12.5 Å². The highest BCUT2D eigenvalue weighted by Crippen LogP contribution is 2.28. The molecule has 5 heteroatoms. The molecule has 0 aliphatic heterocycles. The predicted molar refractivity (Wildman–Crippen MR) is 91.6 cm³/mol. The smallest absolute Gasteiger partial charge is 0.287 e. The standard InChI is InChI=1S/C19H15ClFNO2/c20-15-7-3-2-6-14(15)17-9-10-18(24-17)19(23)22-12-11-13-5-1-4-8-16(13)21/h1-10H,11-12H2,(H,22,23). The van der Waals surface area contributed by atoms with Crippen molar-refractivity contribution >= 4 is 17.5 Å². The van der Waals surface area contributed by atoms with Gasteiger partial charge in [-0.1, -0.05) is 41.9 Å². The molecule has 122 valence electrons. The fourth-order valence-electron chi connectivity index (χ4n) is 2.36. The lowest BCUT2D eigenvalue weighted by atomic mass is 10.1. The molecule has 0 bridgehead atoms. The predicted octanol–water partition coefficient (Wildman–Crippen LogP) is 4.71. The van der Waals surface area contributed by atoms with Crippen LogP contribution in [0.2, 0.25) is 5.02 Å². The number of benzene rings is 2. The fraction of sp³-hybridized carbons (Fsp3) is 0.105. The van der Waals surface area contributed by atoms with E-state index in [0.717, 1.165) is 5.56 Å².